The molecule has 1 saturated carbocycles. The Kier molecular flexibility index (Phi) is 5.87. The quantitative estimate of drug-likeness (QED) is 0.680. The highest BCUT2D eigenvalue weighted by Crippen LogP contribution is 2.24. The molecular weight excluding hydrogens is 372 g/mol. The number of benzene rings is 1. The average Bonchev–Trinajstić information content (AvgIpc) is 3.28. The van der Waals surface area contributed by atoms with E-state index in [2.05, 4.69) is 20.3 Å². The van der Waals surface area contributed by atoms with Crippen LogP contribution in [0, 0.1) is 5.92 Å². The maximum atomic E-state index is 12.5. The van der Waals surface area contributed by atoms with E-state index in [-0.39, 0.29) is 21.8 Å². The van der Waals surface area contributed by atoms with Crippen LogP contribution >= 0.6 is 12.2 Å². The molecule has 0 spiro atoms. The van der Waals surface area contributed by atoms with Crippen LogP contribution in [0.4, 0.5) is 5.69 Å². The summed E-state index contributed by atoms with van der Waals surface area (Å²) in [7, 11) is -3.69. The first-order valence-electron chi connectivity index (χ1n) is 8.72. The van der Waals surface area contributed by atoms with Crippen LogP contribution in [0.2, 0.25) is 0 Å². The van der Waals surface area contributed by atoms with Crippen molar-refractivity contribution in [2.45, 2.75) is 43.4 Å². The van der Waals surface area contributed by atoms with E-state index in [9.17, 15) is 13.2 Å². The monoisotopic (exact) mass is 394 g/mol. The number of hydrogen-bond acceptors (Lipinski definition) is 5. The summed E-state index contributed by atoms with van der Waals surface area (Å²) in [6.45, 7) is 0.647. The second-order valence-corrected chi connectivity index (χ2v) is 8.58. The van der Waals surface area contributed by atoms with Crippen LogP contribution in [0.5, 0.6) is 0 Å². The Morgan fingerprint density at radius 3 is 2.65 bits per heavy atom. The number of amides is 1. The molecule has 0 unspecified atom stereocenters. The number of carbonyl (C=O) groups excluding carboxylic acids is 1. The predicted molar refractivity (Wildman–Crippen MR) is 105 cm³/mol. The number of hydrogen-bond donors (Lipinski definition) is 3. The predicted octanol–water partition coefficient (Wildman–Crippen LogP) is 2.16. The summed E-state index contributed by atoms with van der Waals surface area (Å²) in [6.07, 6.45) is 5.39. The van der Waals surface area contributed by atoms with Crippen molar-refractivity contribution in [1.29, 1.82) is 0 Å². The Morgan fingerprint density at radius 2 is 1.96 bits per heavy atom. The first-order valence-corrected chi connectivity index (χ1v) is 10.6. The van der Waals surface area contributed by atoms with E-state index in [1.165, 1.54) is 12.1 Å². The molecule has 1 aromatic rings. The summed E-state index contributed by atoms with van der Waals surface area (Å²) in [5.41, 5.74) is 0.498. The summed E-state index contributed by atoms with van der Waals surface area (Å²) in [6, 6.07) is 6.30. The molecule has 1 fully saturated rings. The summed E-state index contributed by atoms with van der Waals surface area (Å²) < 4.78 is 27.4. The van der Waals surface area contributed by atoms with Crippen molar-refractivity contribution in [2.75, 3.05) is 11.9 Å². The number of anilines is 1. The average molecular weight is 395 g/mol. The summed E-state index contributed by atoms with van der Waals surface area (Å²) in [5, 5.41) is 5.73. The van der Waals surface area contributed by atoms with Crippen LogP contribution < -0.4 is 15.4 Å². The van der Waals surface area contributed by atoms with E-state index in [0.717, 1.165) is 32.1 Å². The molecule has 1 aliphatic carbocycles. The van der Waals surface area contributed by atoms with Gasteiger partial charge in [0.1, 0.15) is 5.84 Å². The second kappa shape index (κ2) is 8.13. The third kappa shape index (κ3) is 4.79. The lowest BCUT2D eigenvalue weighted by Gasteiger charge is -2.14. The molecule has 1 aliphatic heterocycles. The summed E-state index contributed by atoms with van der Waals surface area (Å²) in [4.78, 5) is 16.4. The first-order chi connectivity index (χ1) is 12.4. The second-order valence-electron chi connectivity index (χ2n) is 6.49. The largest absolute Gasteiger partial charge is 0.332 e. The molecule has 0 saturated heterocycles. The van der Waals surface area contributed by atoms with Gasteiger partial charge in [-0.2, -0.15) is 0 Å². The van der Waals surface area contributed by atoms with Gasteiger partial charge in [-0.1, -0.05) is 18.9 Å². The van der Waals surface area contributed by atoms with Crippen LogP contribution in [0.3, 0.4) is 0 Å². The number of nitrogens with zero attached hydrogens (tertiary/aromatic N) is 1. The molecule has 0 aromatic heterocycles. The zero-order valence-corrected chi connectivity index (χ0v) is 16.0. The normalized spacial score (nSPS) is 17.6. The Morgan fingerprint density at radius 1 is 1.19 bits per heavy atom. The van der Waals surface area contributed by atoms with Crippen LogP contribution in [0.1, 0.15) is 38.5 Å². The fourth-order valence-electron chi connectivity index (χ4n) is 3.14. The van der Waals surface area contributed by atoms with Crippen molar-refractivity contribution >= 4 is 44.8 Å². The Balaban J connectivity index is 1.63. The van der Waals surface area contributed by atoms with Crippen LogP contribution in [-0.4, -0.2) is 31.8 Å². The number of sulfonamides is 1. The Labute approximate surface area is 158 Å². The van der Waals surface area contributed by atoms with Gasteiger partial charge in [-0.15, -0.1) is 0 Å². The fraction of sp³-hybridized carbons (Fsp3) is 0.471. The van der Waals surface area contributed by atoms with Gasteiger partial charge in [0.2, 0.25) is 5.91 Å². The maximum Gasteiger partial charge on any atom is 0.262 e. The van der Waals surface area contributed by atoms with Gasteiger partial charge in [0.05, 0.1) is 4.90 Å². The lowest BCUT2D eigenvalue weighted by molar-refractivity contribution is -0.123. The first kappa shape index (κ1) is 18.8. The number of carbonyl (C=O) groups is 1. The van der Waals surface area contributed by atoms with Crippen molar-refractivity contribution in [3.63, 3.8) is 0 Å². The molecule has 0 atom stereocenters. The van der Waals surface area contributed by atoms with Crippen molar-refractivity contribution in [3.05, 3.63) is 24.3 Å². The van der Waals surface area contributed by atoms with E-state index in [4.69, 9.17) is 12.2 Å². The van der Waals surface area contributed by atoms with Gasteiger partial charge in [-0.3, -0.25) is 14.5 Å². The number of aliphatic imine (C=N–C) groups is 1. The number of amidine groups is 1. The van der Waals surface area contributed by atoms with Crippen molar-refractivity contribution in [2.24, 2.45) is 10.9 Å². The summed E-state index contributed by atoms with van der Waals surface area (Å²) >= 11 is 5.17. The van der Waals surface area contributed by atoms with Crippen molar-refractivity contribution in [3.8, 4) is 0 Å². The zero-order chi connectivity index (χ0) is 18.6. The minimum atomic E-state index is -3.69. The van der Waals surface area contributed by atoms with Gasteiger partial charge in [0, 0.05) is 24.6 Å². The fourth-order valence-corrected chi connectivity index (χ4v) is 4.50. The number of thiocarbonyl (C=S) groups is 1. The number of nitrogens with one attached hydrogen (secondary N) is 3. The van der Waals surface area contributed by atoms with Crippen LogP contribution in [0.25, 0.3) is 0 Å². The van der Waals surface area contributed by atoms with E-state index < -0.39 is 10.0 Å². The Bertz CT molecular complexity index is 830. The SMILES string of the molecule is O=C(NC(=S)Nc1cccc(S(=O)(=O)NC2=NCCC2)c1)C1CCCC1. The standard InChI is InChI=1S/C17H22N4O3S2/c22-16(12-5-1-2-6-12)20-17(25)19-13-7-3-8-14(11-13)26(23,24)21-15-9-4-10-18-15/h3,7-8,11-12H,1-2,4-6,9-10H2,(H,18,21)(H2,19,20,22,25). The van der Waals surface area contributed by atoms with Crippen molar-refractivity contribution < 1.29 is 13.2 Å². The van der Waals surface area contributed by atoms with E-state index in [0.29, 0.717) is 24.5 Å². The maximum absolute atomic E-state index is 12.5. The molecule has 9 heteroatoms. The molecule has 7 nitrogen and oxygen atoms in total. The van der Waals surface area contributed by atoms with E-state index >= 15 is 0 Å². The van der Waals surface area contributed by atoms with E-state index in [1.807, 2.05) is 0 Å². The van der Waals surface area contributed by atoms with Gasteiger partial charge in [0.15, 0.2) is 5.11 Å². The molecule has 0 bridgehead atoms. The van der Waals surface area contributed by atoms with Gasteiger partial charge in [-0.05, 0) is 49.7 Å². The molecule has 1 heterocycles. The highest BCUT2D eigenvalue weighted by Gasteiger charge is 2.23. The molecule has 2 aliphatic rings. The van der Waals surface area contributed by atoms with Crippen LogP contribution in [-0.2, 0) is 14.8 Å². The van der Waals surface area contributed by atoms with E-state index in [1.54, 1.807) is 12.1 Å². The van der Waals surface area contributed by atoms with Crippen LogP contribution in [0.15, 0.2) is 34.2 Å². The molecule has 3 N–H and O–H groups in total. The van der Waals surface area contributed by atoms with Gasteiger partial charge in [0.25, 0.3) is 10.0 Å². The minimum absolute atomic E-state index is 0.0119. The molecule has 1 aromatic carbocycles. The zero-order valence-electron chi connectivity index (χ0n) is 14.3. The summed E-state index contributed by atoms with van der Waals surface area (Å²) in [5.74, 6) is 0.422. The van der Waals surface area contributed by atoms with Crippen molar-refractivity contribution in [1.82, 2.24) is 10.0 Å². The highest BCUT2D eigenvalue weighted by atomic mass is 32.2. The van der Waals surface area contributed by atoms with Gasteiger partial charge in [-0.25, -0.2) is 8.42 Å². The van der Waals surface area contributed by atoms with Gasteiger partial charge >= 0.3 is 0 Å². The third-order valence-corrected chi connectivity index (χ3v) is 6.07. The molecule has 0 radical (unpaired) electrons. The molecule has 1 amide bonds. The molecule has 3 rings (SSSR count). The molecule has 140 valence electrons. The molecule has 26 heavy (non-hydrogen) atoms. The molecular formula is C17H22N4O3S2. The third-order valence-electron chi connectivity index (χ3n) is 4.49. The minimum Gasteiger partial charge on any atom is -0.332 e. The topological polar surface area (TPSA) is 99.7 Å². The smallest absolute Gasteiger partial charge is 0.262 e. The Hall–Kier alpha value is -2.00. The highest BCUT2D eigenvalue weighted by molar-refractivity contribution is 7.90. The number of rotatable bonds is 4. The lowest BCUT2D eigenvalue weighted by atomic mass is 10.1. The lowest BCUT2D eigenvalue weighted by Crippen LogP contribution is -2.37. The van der Waals surface area contributed by atoms with Gasteiger partial charge < -0.3 is 10.6 Å².